The van der Waals surface area contributed by atoms with Crippen molar-refractivity contribution in [2.75, 3.05) is 18.9 Å². The van der Waals surface area contributed by atoms with Gasteiger partial charge in [0.2, 0.25) is 11.8 Å². The minimum atomic E-state index is -0.265. The Labute approximate surface area is 135 Å². The maximum Gasteiger partial charge on any atom is 0.229 e. The normalized spacial score (nSPS) is 18.0. The number of likely N-dealkylation sites (tertiary alicyclic amines) is 1. The van der Waals surface area contributed by atoms with E-state index in [-0.39, 0.29) is 24.2 Å². The molecule has 6 nitrogen and oxygen atoms in total. The van der Waals surface area contributed by atoms with Crippen LogP contribution in [-0.4, -0.2) is 40.1 Å². The van der Waals surface area contributed by atoms with Crippen LogP contribution in [0.4, 0.5) is 5.82 Å². The van der Waals surface area contributed by atoms with E-state index < -0.39 is 0 Å². The molecule has 0 bridgehead atoms. The molecule has 120 valence electrons. The summed E-state index contributed by atoms with van der Waals surface area (Å²) in [5.41, 5.74) is 1.11. The number of aromatic nitrogens is 2. The number of rotatable bonds is 4. The highest BCUT2D eigenvalue weighted by atomic mass is 16.2. The number of benzene rings is 1. The molecule has 0 saturated carbocycles. The molecule has 1 atom stereocenters. The fourth-order valence-electron chi connectivity index (χ4n) is 2.72. The van der Waals surface area contributed by atoms with Gasteiger partial charge in [-0.15, -0.1) is 0 Å². The van der Waals surface area contributed by atoms with E-state index in [1.807, 2.05) is 30.3 Å². The predicted molar refractivity (Wildman–Crippen MR) is 86.8 cm³/mol. The highest BCUT2D eigenvalue weighted by Crippen LogP contribution is 2.20. The summed E-state index contributed by atoms with van der Waals surface area (Å²) in [5.74, 6) is 0.305. The summed E-state index contributed by atoms with van der Waals surface area (Å²) in [5, 5.41) is 7.17. The summed E-state index contributed by atoms with van der Waals surface area (Å²) in [4.78, 5) is 25.8. The van der Waals surface area contributed by atoms with Gasteiger partial charge >= 0.3 is 0 Å². The average Bonchev–Trinajstić information content (AvgIpc) is 2.98. The monoisotopic (exact) mass is 312 g/mol. The Bertz CT molecular complexity index is 696. The molecule has 1 aliphatic heterocycles. The Hall–Kier alpha value is -2.63. The van der Waals surface area contributed by atoms with Crippen molar-refractivity contribution in [2.45, 2.75) is 19.4 Å². The first-order valence-electron chi connectivity index (χ1n) is 7.74. The number of carbonyl (C=O) groups is 2. The van der Waals surface area contributed by atoms with E-state index in [1.54, 1.807) is 28.9 Å². The van der Waals surface area contributed by atoms with Crippen LogP contribution in [0.2, 0.25) is 0 Å². The lowest BCUT2D eigenvalue weighted by Gasteiger charge is -2.27. The predicted octanol–water partition coefficient (Wildman–Crippen LogP) is 1.74. The molecule has 2 aromatic rings. The molecular weight excluding hydrogens is 292 g/mol. The quantitative estimate of drug-likeness (QED) is 0.935. The first-order chi connectivity index (χ1) is 11.1. The van der Waals surface area contributed by atoms with Crippen molar-refractivity contribution in [2.24, 2.45) is 5.92 Å². The molecule has 0 aliphatic carbocycles. The van der Waals surface area contributed by atoms with Crippen molar-refractivity contribution in [3.05, 3.63) is 48.2 Å². The van der Waals surface area contributed by atoms with Gasteiger partial charge in [0.25, 0.3) is 0 Å². The van der Waals surface area contributed by atoms with E-state index >= 15 is 0 Å². The molecule has 1 aromatic heterocycles. The van der Waals surface area contributed by atoms with Crippen LogP contribution in [0.5, 0.6) is 0 Å². The molecule has 0 spiro atoms. The Morgan fingerprint density at radius 2 is 2.09 bits per heavy atom. The van der Waals surface area contributed by atoms with Crippen LogP contribution in [0.25, 0.3) is 0 Å². The fourth-order valence-corrected chi connectivity index (χ4v) is 2.72. The second kappa shape index (κ2) is 6.64. The Morgan fingerprint density at radius 3 is 2.83 bits per heavy atom. The van der Waals surface area contributed by atoms with E-state index in [0.29, 0.717) is 25.3 Å². The smallest absolute Gasteiger partial charge is 0.229 e. The number of anilines is 1. The molecule has 0 unspecified atom stereocenters. The zero-order chi connectivity index (χ0) is 16.2. The van der Waals surface area contributed by atoms with Crippen molar-refractivity contribution >= 4 is 17.6 Å². The second-order valence-electron chi connectivity index (χ2n) is 5.85. The summed E-state index contributed by atoms with van der Waals surface area (Å²) >= 11 is 0. The summed E-state index contributed by atoms with van der Waals surface area (Å²) in [6.07, 6.45) is 2.63. The van der Waals surface area contributed by atoms with Crippen molar-refractivity contribution in [1.29, 1.82) is 0 Å². The van der Waals surface area contributed by atoms with Gasteiger partial charge in [-0.3, -0.25) is 9.59 Å². The van der Waals surface area contributed by atoms with Gasteiger partial charge in [-0.2, -0.15) is 5.10 Å². The van der Waals surface area contributed by atoms with E-state index in [0.717, 1.165) is 5.56 Å². The molecule has 1 aliphatic rings. The lowest BCUT2D eigenvalue weighted by molar-refractivity contribution is -0.137. The number of nitrogens with zero attached hydrogens (tertiary/aromatic N) is 3. The highest BCUT2D eigenvalue weighted by Gasteiger charge is 2.29. The standard InChI is InChI=1S/C17H20N4O2/c1-20-10-8-14(11-16(20)22)17(23)19-15-7-9-18-21(15)12-13-5-3-2-4-6-13/h2-7,9,14H,8,10-12H2,1H3,(H,19,23)/t14-/m0/s1. The fraction of sp³-hybridized carbons (Fsp3) is 0.353. The third kappa shape index (κ3) is 3.59. The van der Waals surface area contributed by atoms with Crippen molar-refractivity contribution < 1.29 is 9.59 Å². The average molecular weight is 312 g/mol. The molecule has 1 N–H and O–H groups in total. The van der Waals surface area contributed by atoms with Crippen LogP contribution >= 0.6 is 0 Å². The number of nitrogens with one attached hydrogen (secondary N) is 1. The van der Waals surface area contributed by atoms with Crippen LogP contribution in [0, 0.1) is 5.92 Å². The first kappa shape index (κ1) is 15.3. The van der Waals surface area contributed by atoms with Crippen LogP contribution in [0.3, 0.4) is 0 Å². The molecule has 0 radical (unpaired) electrons. The molecule has 6 heteroatoms. The SMILES string of the molecule is CN1CC[C@H](C(=O)Nc2ccnn2Cc2ccccc2)CC1=O. The van der Waals surface area contributed by atoms with Crippen molar-refractivity contribution in [1.82, 2.24) is 14.7 Å². The number of hydrogen-bond donors (Lipinski definition) is 1. The maximum atomic E-state index is 12.4. The lowest BCUT2D eigenvalue weighted by atomic mass is 9.96. The van der Waals surface area contributed by atoms with Crippen LogP contribution in [0.15, 0.2) is 42.6 Å². The summed E-state index contributed by atoms with van der Waals surface area (Å²) in [7, 11) is 1.77. The number of amides is 2. The van der Waals surface area contributed by atoms with Crippen LogP contribution in [0.1, 0.15) is 18.4 Å². The van der Waals surface area contributed by atoms with Gasteiger partial charge in [0.05, 0.1) is 12.7 Å². The minimum Gasteiger partial charge on any atom is -0.346 e. The van der Waals surface area contributed by atoms with E-state index in [9.17, 15) is 9.59 Å². The maximum absolute atomic E-state index is 12.4. The van der Waals surface area contributed by atoms with Gasteiger partial charge in [-0.25, -0.2) is 4.68 Å². The topological polar surface area (TPSA) is 67.2 Å². The summed E-state index contributed by atoms with van der Waals surface area (Å²) < 4.78 is 1.75. The molecule has 3 rings (SSSR count). The van der Waals surface area contributed by atoms with Gasteiger partial charge in [0, 0.05) is 32.0 Å². The van der Waals surface area contributed by atoms with E-state index in [1.165, 1.54) is 0 Å². The first-order valence-corrected chi connectivity index (χ1v) is 7.74. The molecule has 2 heterocycles. The molecule has 1 saturated heterocycles. The van der Waals surface area contributed by atoms with Crippen molar-refractivity contribution in [3.63, 3.8) is 0 Å². The third-order valence-corrected chi connectivity index (χ3v) is 4.17. The highest BCUT2D eigenvalue weighted by molar-refractivity contribution is 5.95. The second-order valence-corrected chi connectivity index (χ2v) is 5.85. The van der Waals surface area contributed by atoms with E-state index in [4.69, 9.17) is 0 Å². The van der Waals surface area contributed by atoms with Gasteiger partial charge < -0.3 is 10.2 Å². The Balaban J connectivity index is 1.66. The minimum absolute atomic E-state index is 0.0224. The Kier molecular flexibility index (Phi) is 4.41. The van der Waals surface area contributed by atoms with Gasteiger partial charge in [0.1, 0.15) is 5.82 Å². The molecule has 1 fully saturated rings. The van der Waals surface area contributed by atoms with Crippen LogP contribution in [-0.2, 0) is 16.1 Å². The molecule has 1 aromatic carbocycles. The molecular formula is C17H20N4O2. The van der Waals surface area contributed by atoms with Gasteiger partial charge in [-0.1, -0.05) is 30.3 Å². The van der Waals surface area contributed by atoms with Crippen molar-refractivity contribution in [3.8, 4) is 0 Å². The van der Waals surface area contributed by atoms with E-state index in [2.05, 4.69) is 10.4 Å². The summed E-state index contributed by atoms with van der Waals surface area (Å²) in [6, 6.07) is 11.7. The Morgan fingerprint density at radius 1 is 1.30 bits per heavy atom. The number of hydrogen-bond acceptors (Lipinski definition) is 3. The summed E-state index contributed by atoms with van der Waals surface area (Å²) in [6.45, 7) is 1.22. The van der Waals surface area contributed by atoms with Crippen LogP contribution < -0.4 is 5.32 Å². The third-order valence-electron chi connectivity index (χ3n) is 4.17. The molecule has 23 heavy (non-hydrogen) atoms. The lowest BCUT2D eigenvalue weighted by Crippen LogP contribution is -2.40. The van der Waals surface area contributed by atoms with Gasteiger partial charge in [0.15, 0.2) is 0 Å². The largest absolute Gasteiger partial charge is 0.346 e. The van der Waals surface area contributed by atoms with Gasteiger partial charge in [-0.05, 0) is 12.0 Å². The molecule has 2 amide bonds. The zero-order valence-corrected chi connectivity index (χ0v) is 13.1. The zero-order valence-electron chi connectivity index (χ0n) is 13.1. The number of carbonyl (C=O) groups excluding carboxylic acids is 2. The number of piperidine rings is 1.